The number of nitrogens with zero attached hydrogens (tertiary/aromatic N) is 1. The second-order valence-corrected chi connectivity index (χ2v) is 5.31. The summed E-state index contributed by atoms with van der Waals surface area (Å²) in [4.78, 5) is 10.7. The molecule has 0 heterocycles. The maximum atomic E-state index is 10.7. The summed E-state index contributed by atoms with van der Waals surface area (Å²) in [5, 5.41) is 15.1. The Morgan fingerprint density at radius 2 is 1.90 bits per heavy atom. The molecule has 0 radical (unpaired) electrons. The molecule has 0 fully saturated rings. The maximum absolute atomic E-state index is 10.7. The molecule has 0 aromatic heterocycles. The molecular formula is C16H14BrN2O2-. The minimum atomic E-state index is -1.19. The fourth-order valence-corrected chi connectivity index (χ4v) is 2.23. The summed E-state index contributed by atoms with van der Waals surface area (Å²) >= 11 is 3.44. The molecule has 2 aromatic carbocycles. The van der Waals surface area contributed by atoms with Crippen LogP contribution in [0, 0.1) is 0 Å². The number of benzene rings is 2. The lowest BCUT2D eigenvalue weighted by molar-refractivity contribution is -0.255. The van der Waals surface area contributed by atoms with E-state index in [1.807, 2.05) is 31.2 Å². The standard InChI is InChI=1S/C16H15BrN2O2/c1-2-15(12-4-3-5-13(17)10-12)19-18-14-8-6-11(7-9-14)16(20)21/h3-10,18H,2H2,1H3,(H,20,21)/p-1/b19-15-. The van der Waals surface area contributed by atoms with Crippen molar-refractivity contribution < 1.29 is 9.90 Å². The Hall–Kier alpha value is -2.14. The number of rotatable bonds is 5. The van der Waals surface area contributed by atoms with Gasteiger partial charge in [0.1, 0.15) is 0 Å². The molecule has 5 heteroatoms. The van der Waals surface area contributed by atoms with Crippen molar-refractivity contribution in [3.05, 3.63) is 64.1 Å². The largest absolute Gasteiger partial charge is 0.545 e. The highest BCUT2D eigenvalue weighted by atomic mass is 79.9. The van der Waals surface area contributed by atoms with Crippen molar-refractivity contribution in [1.29, 1.82) is 0 Å². The van der Waals surface area contributed by atoms with Crippen molar-refractivity contribution in [3.63, 3.8) is 0 Å². The first-order valence-corrected chi connectivity index (χ1v) is 7.29. The van der Waals surface area contributed by atoms with Gasteiger partial charge < -0.3 is 9.90 Å². The average molecular weight is 346 g/mol. The monoisotopic (exact) mass is 345 g/mol. The normalized spacial score (nSPS) is 11.2. The number of halogens is 1. The van der Waals surface area contributed by atoms with Gasteiger partial charge in [-0.3, -0.25) is 5.43 Å². The highest BCUT2D eigenvalue weighted by molar-refractivity contribution is 9.10. The summed E-state index contributed by atoms with van der Waals surface area (Å²) in [7, 11) is 0. The van der Waals surface area contributed by atoms with Crippen molar-refractivity contribution in [1.82, 2.24) is 0 Å². The van der Waals surface area contributed by atoms with Gasteiger partial charge in [-0.05, 0) is 41.8 Å². The second kappa shape index (κ2) is 7.04. The van der Waals surface area contributed by atoms with Crippen LogP contribution in [0.1, 0.15) is 29.3 Å². The molecule has 1 N–H and O–H groups in total. The fraction of sp³-hybridized carbons (Fsp3) is 0.125. The number of carbonyl (C=O) groups excluding carboxylic acids is 1. The van der Waals surface area contributed by atoms with Gasteiger partial charge in [-0.25, -0.2) is 0 Å². The molecule has 0 atom stereocenters. The summed E-state index contributed by atoms with van der Waals surface area (Å²) in [5.74, 6) is -1.19. The van der Waals surface area contributed by atoms with Crippen molar-refractivity contribution in [2.24, 2.45) is 5.10 Å². The molecule has 108 valence electrons. The molecule has 2 rings (SSSR count). The van der Waals surface area contributed by atoms with E-state index >= 15 is 0 Å². The van der Waals surface area contributed by atoms with Crippen LogP contribution < -0.4 is 10.5 Å². The zero-order valence-corrected chi connectivity index (χ0v) is 13.1. The number of hydrogen-bond donors (Lipinski definition) is 1. The molecule has 0 aliphatic heterocycles. The van der Waals surface area contributed by atoms with Crippen molar-refractivity contribution >= 4 is 33.3 Å². The molecule has 0 bridgehead atoms. The third kappa shape index (κ3) is 4.16. The number of aromatic carboxylic acids is 1. The van der Waals surface area contributed by atoms with E-state index in [0.29, 0.717) is 0 Å². The first-order valence-electron chi connectivity index (χ1n) is 6.50. The number of carbonyl (C=O) groups is 1. The number of anilines is 1. The van der Waals surface area contributed by atoms with Gasteiger partial charge in [-0.2, -0.15) is 5.10 Å². The lowest BCUT2D eigenvalue weighted by Gasteiger charge is -2.07. The fourth-order valence-electron chi connectivity index (χ4n) is 1.83. The molecule has 0 spiro atoms. The molecule has 0 aliphatic rings. The Labute approximate surface area is 131 Å². The van der Waals surface area contributed by atoms with Gasteiger partial charge in [0.25, 0.3) is 0 Å². The van der Waals surface area contributed by atoms with E-state index in [4.69, 9.17) is 0 Å². The van der Waals surface area contributed by atoms with Crippen LogP contribution in [-0.2, 0) is 0 Å². The molecule has 0 amide bonds. The topological polar surface area (TPSA) is 64.5 Å². The van der Waals surface area contributed by atoms with E-state index in [9.17, 15) is 9.90 Å². The molecular weight excluding hydrogens is 332 g/mol. The minimum absolute atomic E-state index is 0.146. The van der Waals surface area contributed by atoms with Crippen LogP contribution in [0.5, 0.6) is 0 Å². The molecule has 0 aliphatic carbocycles. The number of carboxylic acids is 1. The van der Waals surface area contributed by atoms with E-state index in [-0.39, 0.29) is 5.56 Å². The SMILES string of the molecule is CC/C(=N/Nc1ccc(C(=O)[O-])cc1)c1cccc(Br)c1. The molecule has 21 heavy (non-hydrogen) atoms. The van der Waals surface area contributed by atoms with E-state index < -0.39 is 5.97 Å². The van der Waals surface area contributed by atoms with Gasteiger partial charge in [-0.15, -0.1) is 0 Å². The Kier molecular flexibility index (Phi) is 5.11. The highest BCUT2D eigenvalue weighted by Gasteiger charge is 2.02. The number of nitrogens with one attached hydrogen (secondary N) is 1. The van der Waals surface area contributed by atoms with Crippen LogP contribution in [0.25, 0.3) is 0 Å². The smallest absolute Gasteiger partial charge is 0.0715 e. The van der Waals surface area contributed by atoms with Crippen molar-refractivity contribution in [3.8, 4) is 0 Å². The Balaban J connectivity index is 2.16. The first-order chi connectivity index (χ1) is 10.1. The van der Waals surface area contributed by atoms with E-state index in [0.717, 1.165) is 27.9 Å². The zero-order chi connectivity index (χ0) is 15.2. The average Bonchev–Trinajstić information content (AvgIpc) is 2.48. The van der Waals surface area contributed by atoms with Gasteiger partial charge in [0.15, 0.2) is 0 Å². The van der Waals surface area contributed by atoms with Gasteiger partial charge in [0.2, 0.25) is 0 Å². The molecule has 0 saturated heterocycles. The Bertz CT molecular complexity index is 666. The third-order valence-electron chi connectivity index (χ3n) is 2.93. The second-order valence-electron chi connectivity index (χ2n) is 4.40. The van der Waals surface area contributed by atoms with Gasteiger partial charge >= 0.3 is 0 Å². The van der Waals surface area contributed by atoms with E-state index in [2.05, 4.69) is 26.5 Å². The Morgan fingerprint density at radius 1 is 1.19 bits per heavy atom. The predicted octanol–water partition coefficient (Wildman–Crippen LogP) is 3.04. The van der Waals surface area contributed by atoms with Gasteiger partial charge in [-0.1, -0.05) is 47.1 Å². The number of carboxylic acid groups (broad SMARTS) is 1. The van der Waals surface area contributed by atoms with Crippen molar-refractivity contribution in [2.75, 3.05) is 5.43 Å². The number of hydrogen-bond acceptors (Lipinski definition) is 4. The van der Waals surface area contributed by atoms with Crippen LogP contribution in [0.2, 0.25) is 0 Å². The van der Waals surface area contributed by atoms with Crippen LogP contribution in [0.4, 0.5) is 5.69 Å². The van der Waals surface area contributed by atoms with Gasteiger partial charge in [0.05, 0.1) is 17.4 Å². The molecule has 4 nitrogen and oxygen atoms in total. The van der Waals surface area contributed by atoms with Crippen LogP contribution in [0.15, 0.2) is 58.1 Å². The summed E-state index contributed by atoms with van der Waals surface area (Å²) in [6, 6.07) is 14.2. The van der Waals surface area contributed by atoms with E-state index in [1.165, 1.54) is 12.1 Å². The lowest BCUT2D eigenvalue weighted by atomic mass is 10.1. The summed E-state index contributed by atoms with van der Waals surface area (Å²) in [6.45, 7) is 2.03. The third-order valence-corrected chi connectivity index (χ3v) is 3.43. The maximum Gasteiger partial charge on any atom is 0.0715 e. The number of hydrazone groups is 1. The molecule has 2 aromatic rings. The Morgan fingerprint density at radius 3 is 2.48 bits per heavy atom. The highest BCUT2D eigenvalue weighted by Crippen LogP contribution is 2.15. The van der Waals surface area contributed by atoms with Crippen LogP contribution in [0.3, 0.4) is 0 Å². The van der Waals surface area contributed by atoms with Crippen LogP contribution >= 0.6 is 15.9 Å². The van der Waals surface area contributed by atoms with E-state index in [1.54, 1.807) is 12.1 Å². The van der Waals surface area contributed by atoms with Gasteiger partial charge in [0, 0.05) is 4.47 Å². The summed E-state index contributed by atoms with van der Waals surface area (Å²) in [6.07, 6.45) is 0.778. The zero-order valence-electron chi connectivity index (χ0n) is 11.5. The quantitative estimate of drug-likeness (QED) is 0.669. The molecule has 0 unspecified atom stereocenters. The summed E-state index contributed by atoms with van der Waals surface area (Å²) in [5.41, 5.74) is 5.76. The van der Waals surface area contributed by atoms with Crippen molar-refractivity contribution in [2.45, 2.75) is 13.3 Å². The summed E-state index contributed by atoms with van der Waals surface area (Å²) < 4.78 is 1.000. The predicted molar refractivity (Wildman–Crippen MR) is 85.4 cm³/mol. The lowest BCUT2D eigenvalue weighted by Crippen LogP contribution is -2.21. The van der Waals surface area contributed by atoms with Crippen LogP contribution in [-0.4, -0.2) is 11.7 Å². The first kappa shape index (κ1) is 15.3. The minimum Gasteiger partial charge on any atom is -0.545 e. The molecule has 0 saturated carbocycles.